The Labute approximate surface area is 144 Å². The van der Waals surface area contributed by atoms with Crippen molar-refractivity contribution in [1.29, 1.82) is 0 Å². The Balaban J connectivity index is 1.62. The van der Waals surface area contributed by atoms with Gasteiger partial charge in [-0.05, 0) is 36.4 Å². The number of pyridine rings is 2. The number of anilines is 1. The quantitative estimate of drug-likeness (QED) is 0.598. The van der Waals surface area contributed by atoms with E-state index in [1.165, 1.54) is 0 Å². The molecule has 0 saturated heterocycles. The zero-order valence-electron chi connectivity index (χ0n) is 13.7. The van der Waals surface area contributed by atoms with E-state index in [1.54, 1.807) is 13.3 Å². The standard InChI is InChI=1S/C20H17N3O2/c1-25-17-6-7-19-14(10-17)8-15(20(24)23-19)11-21-16-9-13-4-2-3-5-18(13)22-12-16/h2-10,12,21H,11H2,1H3,(H,23,24). The molecule has 2 aromatic carbocycles. The normalized spacial score (nSPS) is 10.9. The molecule has 2 N–H and O–H groups in total. The Hall–Kier alpha value is -3.34. The van der Waals surface area contributed by atoms with Gasteiger partial charge in [0.1, 0.15) is 5.75 Å². The highest BCUT2D eigenvalue weighted by Crippen LogP contribution is 2.20. The second kappa shape index (κ2) is 6.28. The third kappa shape index (κ3) is 3.04. The van der Waals surface area contributed by atoms with Crippen LogP contribution in [0.4, 0.5) is 5.69 Å². The van der Waals surface area contributed by atoms with E-state index in [1.807, 2.05) is 54.6 Å². The van der Waals surface area contributed by atoms with Crippen LogP contribution in [0.5, 0.6) is 5.75 Å². The molecule has 0 atom stereocenters. The molecule has 0 spiro atoms. The first-order valence-corrected chi connectivity index (χ1v) is 8.01. The smallest absolute Gasteiger partial charge is 0.253 e. The van der Waals surface area contributed by atoms with Crippen molar-refractivity contribution in [1.82, 2.24) is 9.97 Å². The Bertz CT molecular complexity index is 1120. The number of methoxy groups -OCH3 is 1. The molecule has 25 heavy (non-hydrogen) atoms. The highest BCUT2D eigenvalue weighted by molar-refractivity contribution is 5.82. The number of rotatable bonds is 4. The maximum Gasteiger partial charge on any atom is 0.253 e. The minimum Gasteiger partial charge on any atom is -0.497 e. The monoisotopic (exact) mass is 331 g/mol. The van der Waals surface area contributed by atoms with Gasteiger partial charge in [0.15, 0.2) is 0 Å². The van der Waals surface area contributed by atoms with Gasteiger partial charge in [-0.2, -0.15) is 0 Å². The third-order valence-electron chi connectivity index (χ3n) is 4.20. The van der Waals surface area contributed by atoms with Crippen molar-refractivity contribution in [3.63, 3.8) is 0 Å². The van der Waals surface area contributed by atoms with E-state index in [2.05, 4.69) is 15.3 Å². The van der Waals surface area contributed by atoms with Crippen molar-refractivity contribution < 1.29 is 4.74 Å². The SMILES string of the molecule is COc1ccc2[nH]c(=O)c(CNc3cnc4ccccc4c3)cc2c1. The Morgan fingerprint density at radius 2 is 1.96 bits per heavy atom. The number of H-pyrrole nitrogens is 1. The number of aromatic amines is 1. The van der Waals surface area contributed by atoms with Gasteiger partial charge < -0.3 is 15.0 Å². The number of hydrogen-bond donors (Lipinski definition) is 2. The van der Waals surface area contributed by atoms with Crippen molar-refractivity contribution in [3.05, 3.63) is 76.7 Å². The van der Waals surface area contributed by atoms with Crippen LogP contribution >= 0.6 is 0 Å². The van der Waals surface area contributed by atoms with Crippen LogP contribution < -0.4 is 15.6 Å². The van der Waals surface area contributed by atoms with Crippen molar-refractivity contribution >= 4 is 27.5 Å². The maximum absolute atomic E-state index is 12.3. The summed E-state index contributed by atoms with van der Waals surface area (Å²) in [6.07, 6.45) is 1.78. The zero-order valence-corrected chi connectivity index (χ0v) is 13.7. The van der Waals surface area contributed by atoms with E-state index >= 15 is 0 Å². The number of para-hydroxylation sites is 1. The second-order valence-corrected chi connectivity index (χ2v) is 5.85. The summed E-state index contributed by atoms with van der Waals surface area (Å²) in [6.45, 7) is 0.419. The summed E-state index contributed by atoms with van der Waals surface area (Å²) in [5.41, 5.74) is 3.18. The fourth-order valence-corrected chi connectivity index (χ4v) is 2.85. The fourth-order valence-electron chi connectivity index (χ4n) is 2.85. The molecule has 0 bridgehead atoms. The number of ether oxygens (including phenoxy) is 1. The van der Waals surface area contributed by atoms with Crippen LogP contribution in [0, 0.1) is 0 Å². The molecule has 0 aliphatic carbocycles. The molecule has 2 aromatic heterocycles. The summed E-state index contributed by atoms with van der Waals surface area (Å²) in [5.74, 6) is 0.761. The fraction of sp³-hybridized carbons (Fsp3) is 0.100. The van der Waals surface area contributed by atoms with Crippen molar-refractivity contribution in [2.45, 2.75) is 6.54 Å². The number of aromatic nitrogens is 2. The summed E-state index contributed by atoms with van der Waals surface area (Å²) in [6, 6.07) is 17.4. The van der Waals surface area contributed by atoms with Gasteiger partial charge in [0.25, 0.3) is 5.56 Å². The topological polar surface area (TPSA) is 67.0 Å². The molecule has 0 aliphatic heterocycles. The summed E-state index contributed by atoms with van der Waals surface area (Å²) in [5, 5.41) is 5.27. The van der Waals surface area contributed by atoms with Crippen LogP contribution in [0.15, 0.2) is 65.6 Å². The summed E-state index contributed by atoms with van der Waals surface area (Å²) < 4.78 is 5.25. The molecule has 0 radical (unpaired) electrons. The first kappa shape index (κ1) is 15.2. The van der Waals surface area contributed by atoms with Gasteiger partial charge >= 0.3 is 0 Å². The molecule has 0 unspecified atom stereocenters. The molecule has 0 saturated carbocycles. The number of fused-ring (bicyclic) bond motifs is 2. The first-order chi connectivity index (χ1) is 12.2. The molecule has 5 heteroatoms. The Morgan fingerprint density at radius 3 is 2.84 bits per heavy atom. The Kier molecular flexibility index (Phi) is 3.82. The molecule has 124 valence electrons. The van der Waals surface area contributed by atoms with E-state index in [-0.39, 0.29) is 5.56 Å². The molecule has 0 amide bonds. The minimum atomic E-state index is -0.0982. The third-order valence-corrected chi connectivity index (χ3v) is 4.20. The minimum absolute atomic E-state index is 0.0982. The van der Waals surface area contributed by atoms with Gasteiger partial charge in [0.2, 0.25) is 0 Å². The van der Waals surface area contributed by atoms with E-state index < -0.39 is 0 Å². The van der Waals surface area contributed by atoms with Crippen LogP contribution in [0.1, 0.15) is 5.56 Å². The average Bonchev–Trinajstić information content (AvgIpc) is 2.65. The van der Waals surface area contributed by atoms with E-state index in [4.69, 9.17) is 4.74 Å². The molecular formula is C20H17N3O2. The van der Waals surface area contributed by atoms with E-state index in [0.717, 1.165) is 33.2 Å². The molecule has 5 nitrogen and oxygen atoms in total. The van der Waals surface area contributed by atoms with Gasteiger partial charge in [-0.25, -0.2) is 0 Å². The van der Waals surface area contributed by atoms with Gasteiger partial charge in [-0.1, -0.05) is 18.2 Å². The second-order valence-electron chi connectivity index (χ2n) is 5.85. The number of nitrogens with one attached hydrogen (secondary N) is 2. The van der Waals surface area contributed by atoms with Crippen LogP contribution in [0.2, 0.25) is 0 Å². The lowest BCUT2D eigenvalue weighted by atomic mass is 10.1. The predicted octanol–water partition coefficient (Wildman–Crippen LogP) is 3.70. The molecule has 2 heterocycles. The lowest BCUT2D eigenvalue weighted by molar-refractivity contribution is 0.415. The lowest BCUT2D eigenvalue weighted by Gasteiger charge is -2.08. The van der Waals surface area contributed by atoms with Gasteiger partial charge in [-0.15, -0.1) is 0 Å². The average molecular weight is 331 g/mol. The van der Waals surface area contributed by atoms with Gasteiger partial charge in [0, 0.05) is 28.4 Å². The largest absolute Gasteiger partial charge is 0.497 e. The van der Waals surface area contributed by atoms with Crippen LogP contribution in [0.3, 0.4) is 0 Å². The van der Waals surface area contributed by atoms with E-state index in [9.17, 15) is 4.79 Å². The van der Waals surface area contributed by atoms with Crippen molar-refractivity contribution in [3.8, 4) is 5.75 Å². The van der Waals surface area contributed by atoms with Gasteiger partial charge in [-0.3, -0.25) is 9.78 Å². The summed E-state index contributed by atoms with van der Waals surface area (Å²) >= 11 is 0. The molecule has 4 rings (SSSR count). The molecular weight excluding hydrogens is 314 g/mol. The Morgan fingerprint density at radius 1 is 1.08 bits per heavy atom. The number of hydrogen-bond acceptors (Lipinski definition) is 4. The lowest BCUT2D eigenvalue weighted by Crippen LogP contribution is -2.15. The van der Waals surface area contributed by atoms with Crippen molar-refractivity contribution in [2.24, 2.45) is 0 Å². The first-order valence-electron chi connectivity index (χ1n) is 8.01. The zero-order chi connectivity index (χ0) is 17.2. The van der Waals surface area contributed by atoms with Crippen LogP contribution in [0.25, 0.3) is 21.8 Å². The summed E-state index contributed by atoms with van der Waals surface area (Å²) in [4.78, 5) is 19.6. The summed E-state index contributed by atoms with van der Waals surface area (Å²) in [7, 11) is 1.63. The van der Waals surface area contributed by atoms with E-state index in [0.29, 0.717) is 12.1 Å². The predicted molar refractivity (Wildman–Crippen MR) is 100 cm³/mol. The molecule has 0 aliphatic rings. The molecule has 4 aromatic rings. The molecule has 0 fully saturated rings. The number of benzene rings is 2. The highest BCUT2D eigenvalue weighted by Gasteiger charge is 2.05. The van der Waals surface area contributed by atoms with Crippen LogP contribution in [-0.4, -0.2) is 17.1 Å². The highest BCUT2D eigenvalue weighted by atomic mass is 16.5. The van der Waals surface area contributed by atoms with Crippen LogP contribution in [-0.2, 0) is 6.54 Å². The van der Waals surface area contributed by atoms with Crippen molar-refractivity contribution in [2.75, 3.05) is 12.4 Å². The number of nitrogens with zero attached hydrogens (tertiary/aromatic N) is 1. The maximum atomic E-state index is 12.3. The van der Waals surface area contributed by atoms with Gasteiger partial charge in [0.05, 0.1) is 24.5 Å².